The Labute approximate surface area is 119 Å². The number of aromatic nitrogens is 1. The van der Waals surface area contributed by atoms with Crippen LogP contribution < -0.4 is 5.32 Å². The monoisotopic (exact) mass is 274 g/mol. The molecule has 0 atom stereocenters. The van der Waals surface area contributed by atoms with E-state index in [0.29, 0.717) is 0 Å². The number of likely N-dealkylation sites (N-methyl/N-ethyl adjacent to an activating group) is 1. The number of nitrogens with zero attached hydrogens (tertiary/aromatic N) is 1. The molecule has 0 aliphatic rings. The van der Waals surface area contributed by atoms with Crippen LogP contribution in [0.3, 0.4) is 0 Å². The van der Waals surface area contributed by atoms with Crippen molar-refractivity contribution in [1.29, 1.82) is 0 Å². The maximum absolute atomic E-state index is 4.90. The van der Waals surface area contributed by atoms with Crippen molar-refractivity contribution >= 4 is 11.3 Å². The zero-order chi connectivity index (χ0) is 13.9. The molecule has 1 N–H and O–H groups in total. The van der Waals surface area contributed by atoms with Gasteiger partial charge < -0.3 is 5.32 Å². The fourth-order valence-electron chi connectivity index (χ4n) is 1.90. The summed E-state index contributed by atoms with van der Waals surface area (Å²) < 4.78 is 0. The van der Waals surface area contributed by atoms with E-state index in [-0.39, 0.29) is 5.41 Å². The van der Waals surface area contributed by atoms with Gasteiger partial charge in [0.15, 0.2) is 0 Å². The molecule has 0 radical (unpaired) electrons. The predicted molar refractivity (Wildman–Crippen MR) is 83.9 cm³/mol. The summed E-state index contributed by atoms with van der Waals surface area (Å²) in [5.74, 6) is 0. The minimum atomic E-state index is 0.117. The van der Waals surface area contributed by atoms with Crippen molar-refractivity contribution in [3.8, 4) is 11.3 Å². The van der Waals surface area contributed by atoms with Gasteiger partial charge in [0, 0.05) is 15.9 Å². The SMILES string of the molecule is CNCCc1sc(C(C)(C)C)nc1-c1ccccc1. The second-order valence-electron chi connectivity index (χ2n) is 5.76. The van der Waals surface area contributed by atoms with Crippen LogP contribution in [0.4, 0.5) is 0 Å². The van der Waals surface area contributed by atoms with Crippen LogP contribution in [0.2, 0.25) is 0 Å². The first-order valence-electron chi connectivity index (χ1n) is 6.72. The van der Waals surface area contributed by atoms with Gasteiger partial charge in [0.2, 0.25) is 0 Å². The van der Waals surface area contributed by atoms with Crippen molar-refractivity contribution in [1.82, 2.24) is 10.3 Å². The molecular formula is C16H22N2S. The molecule has 2 aromatic rings. The first kappa shape index (κ1) is 14.2. The highest BCUT2D eigenvalue weighted by molar-refractivity contribution is 7.12. The summed E-state index contributed by atoms with van der Waals surface area (Å²) >= 11 is 1.85. The number of hydrogen-bond donors (Lipinski definition) is 1. The Morgan fingerprint density at radius 1 is 1.16 bits per heavy atom. The Balaban J connectivity index is 2.43. The number of benzene rings is 1. The van der Waals surface area contributed by atoms with E-state index in [1.54, 1.807) is 0 Å². The molecule has 0 amide bonds. The van der Waals surface area contributed by atoms with Crippen molar-refractivity contribution in [2.24, 2.45) is 0 Å². The number of thiazole rings is 1. The minimum Gasteiger partial charge on any atom is -0.319 e. The summed E-state index contributed by atoms with van der Waals surface area (Å²) in [5.41, 5.74) is 2.50. The van der Waals surface area contributed by atoms with Crippen LogP contribution >= 0.6 is 11.3 Å². The highest BCUT2D eigenvalue weighted by Gasteiger charge is 2.21. The van der Waals surface area contributed by atoms with E-state index in [1.165, 1.54) is 15.4 Å². The molecule has 0 saturated carbocycles. The molecule has 0 saturated heterocycles. The molecule has 102 valence electrons. The molecule has 0 aliphatic heterocycles. The predicted octanol–water partition coefficient (Wildman–Crippen LogP) is 3.87. The smallest absolute Gasteiger partial charge is 0.0988 e. The molecule has 1 aromatic carbocycles. The summed E-state index contributed by atoms with van der Waals surface area (Å²) in [5, 5.41) is 4.44. The lowest BCUT2D eigenvalue weighted by atomic mass is 9.98. The van der Waals surface area contributed by atoms with Crippen LogP contribution in [-0.4, -0.2) is 18.6 Å². The van der Waals surface area contributed by atoms with Gasteiger partial charge in [0.25, 0.3) is 0 Å². The molecule has 2 rings (SSSR count). The van der Waals surface area contributed by atoms with E-state index in [1.807, 2.05) is 24.5 Å². The quantitative estimate of drug-likeness (QED) is 0.915. The van der Waals surface area contributed by atoms with Gasteiger partial charge in [-0.25, -0.2) is 4.98 Å². The zero-order valence-electron chi connectivity index (χ0n) is 12.2. The Morgan fingerprint density at radius 2 is 1.84 bits per heavy atom. The van der Waals surface area contributed by atoms with E-state index in [4.69, 9.17) is 4.98 Å². The molecule has 19 heavy (non-hydrogen) atoms. The van der Waals surface area contributed by atoms with Gasteiger partial charge >= 0.3 is 0 Å². The van der Waals surface area contributed by atoms with Crippen molar-refractivity contribution in [2.45, 2.75) is 32.6 Å². The molecule has 0 spiro atoms. The van der Waals surface area contributed by atoms with E-state index in [9.17, 15) is 0 Å². The highest BCUT2D eigenvalue weighted by Crippen LogP contribution is 2.34. The maximum atomic E-state index is 4.90. The van der Waals surface area contributed by atoms with Gasteiger partial charge in [-0.1, -0.05) is 51.1 Å². The fraction of sp³-hybridized carbons (Fsp3) is 0.438. The van der Waals surface area contributed by atoms with Crippen molar-refractivity contribution in [3.05, 3.63) is 40.2 Å². The molecule has 0 fully saturated rings. The fourth-order valence-corrected chi connectivity index (χ4v) is 3.04. The second kappa shape index (κ2) is 5.85. The Morgan fingerprint density at radius 3 is 2.42 bits per heavy atom. The number of rotatable bonds is 4. The largest absolute Gasteiger partial charge is 0.319 e. The molecule has 3 heteroatoms. The third-order valence-corrected chi connectivity index (χ3v) is 4.53. The van der Waals surface area contributed by atoms with Crippen molar-refractivity contribution in [2.75, 3.05) is 13.6 Å². The van der Waals surface area contributed by atoms with E-state index in [2.05, 4.69) is 50.4 Å². The van der Waals surface area contributed by atoms with Gasteiger partial charge in [-0.05, 0) is 20.0 Å². The van der Waals surface area contributed by atoms with E-state index < -0.39 is 0 Å². The topological polar surface area (TPSA) is 24.9 Å². The second-order valence-corrected chi connectivity index (χ2v) is 6.84. The third kappa shape index (κ3) is 3.43. The van der Waals surface area contributed by atoms with Gasteiger partial charge in [-0.2, -0.15) is 0 Å². The van der Waals surface area contributed by atoms with Gasteiger partial charge in [-0.15, -0.1) is 11.3 Å². The van der Waals surface area contributed by atoms with Gasteiger partial charge in [0.05, 0.1) is 10.7 Å². The Bertz CT molecular complexity index is 523. The van der Waals surface area contributed by atoms with Crippen molar-refractivity contribution in [3.63, 3.8) is 0 Å². The van der Waals surface area contributed by atoms with Crippen LogP contribution in [0, 0.1) is 0 Å². The standard InChI is InChI=1S/C16H22N2S/c1-16(2,3)15-18-14(12-8-6-5-7-9-12)13(19-15)10-11-17-4/h5-9,17H,10-11H2,1-4H3. The number of nitrogens with one attached hydrogen (secondary N) is 1. The Kier molecular flexibility index (Phi) is 4.38. The Hall–Kier alpha value is -1.19. The van der Waals surface area contributed by atoms with Crippen LogP contribution in [-0.2, 0) is 11.8 Å². The highest BCUT2D eigenvalue weighted by atomic mass is 32.1. The molecule has 0 aliphatic carbocycles. The summed E-state index contributed by atoms with van der Waals surface area (Å²) in [6.45, 7) is 7.67. The van der Waals surface area contributed by atoms with Crippen molar-refractivity contribution < 1.29 is 0 Å². The van der Waals surface area contributed by atoms with E-state index >= 15 is 0 Å². The summed E-state index contributed by atoms with van der Waals surface area (Å²) in [6, 6.07) is 10.5. The van der Waals surface area contributed by atoms with Gasteiger partial charge in [0.1, 0.15) is 0 Å². The average Bonchev–Trinajstić information content (AvgIpc) is 2.81. The van der Waals surface area contributed by atoms with E-state index in [0.717, 1.165) is 18.7 Å². The summed E-state index contributed by atoms with van der Waals surface area (Å²) in [6.07, 6.45) is 1.04. The average molecular weight is 274 g/mol. The molecule has 0 bridgehead atoms. The molecular weight excluding hydrogens is 252 g/mol. The third-order valence-electron chi connectivity index (χ3n) is 2.99. The molecule has 2 nitrogen and oxygen atoms in total. The maximum Gasteiger partial charge on any atom is 0.0988 e. The first-order chi connectivity index (χ1) is 9.02. The summed E-state index contributed by atoms with van der Waals surface area (Å²) in [4.78, 5) is 6.28. The number of hydrogen-bond acceptors (Lipinski definition) is 3. The van der Waals surface area contributed by atoms with Gasteiger partial charge in [-0.3, -0.25) is 0 Å². The molecule has 1 heterocycles. The normalized spacial score (nSPS) is 11.8. The van der Waals surface area contributed by atoms with Crippen LogP contribution in [0.15, 0.2) is 30.3 Å². The minimum absolute atomic E-state index is 0.117. The lowest BCUT2D eigenvalue weighted by molar-refractivity contribution is 0.586. The lowest BCUT2D eigenvalue weighted by Gasteiger charge is -2.13. The first-order valence-corrected chi connectivity index (χ1v) is 7.54. The van der Waals surface area contributed by atoms with Crippen LogP contribution in [0.5, 0.6) is 0 Å². The summed E-state index contributed by atoms with van der Waals surface area (Å²) in [7, 11) is 1.99. The lowest BCUT2D eigenvalue weighted by Crippen LogP contribution is -2.10. The molecule has 0 unspecified atom stereocenters. The molecule has 1 aromatic heterocycles. The van der Waals surface area contributed by atoms with Crippen LogP contribution in [0.1, 0.15) is 30.7 Å². The zero-order valence-corrected chi connectivity index (χ0v) is 13.0. The van der Waals surface area contributed by atoms with Crippen LogP contribution in [0.25, 0.3) is 11.3 Å².